The van der Waals surface area contributed by atoms with E-state index in [1.807, 2.05) is 29.4 Å². The summed E-state index contributed by atoms with van der Waals surface area (Å²) in [6.07, 6.45) is 7.53. The van der Waals surface area contributed by atoms with E-state index in [2.05, 4.69) is 39.4 Å². The molecule has 2 aromatic rings. The summed E-state index contributed by atoms with van der Waals surface area (Å²) in [5, 5.41) is 7.39. The molecule has 0 saturated carbocycles. The van der Waals surface area contributed by atoms with Crippen LogP contribution in [0.15, 0.2) is 29.9 Å². The average Bonchev–Trinajstić information content (AvgIpc) is 2.91. The zero-order valence-electron chi connectivity index (χ0n) is 12.0. The Hall–Kier alpha value is -1.76. The monoisotopic (exact) mass is 292 g/mol. The normalized spacial score (nSPS) is 12.2. The van der Waals surface area contributed by atoms with E-state index in [0.717, 1.165) is 29.9 Å². The molecule has 0 aliphatic carbocycles. The number of imidazole rings is 1. The zero-order chi connectivity index (χ0) is 14.4. The van der Waals surface area contributed by atoms with Crippen LogP contribution in [0.2, 0.25) is 0 Å². The number of thioether (sulfide) groups is 1. The van der Waals surface area contributed by atoms with Gasteiger partial charge in [0, 0.05) is 37.6 Å². The number of anilines is 2. The number of hydrogen-bond acceptors (Lipinski definition) is 6. The second kappa shape index (κ2) is 7.14. The van der Waals surface area contributed by atoms with Crippen molar-refractivity contribution in [3.05, 3.63) is 24.8 Å². The minimum atomic E-state index is 0.253. The first-order valence-electron chi connectivity index (χ1n) is 6.60. The van der Waals surface area contributed by atoms with E-state index >= 15 is 0 Å². The predicted molar refractivity (Wildman–Crippen MR) is 83.3 cm³/mol. The third-order valence-corrected chi connectivity index (χ3v) is 3.23. The molecule has 0 spiro atoms. The summed E-state index contributed by atoms with van der Waals surface area (Å²) in [6.45, 7) is 5.85. The van der Waals surface area contributed by atoms with Crippen LogP contribution in [0.5, 0.6) is 0 Å². The van der Waals surface area contributed by atoms with E-state index in [0.29, 0.717) is 0 Å². The van der Waals surface area contributed by atoms with Crippen LogP contribution in [0.25, 0.3) is 0 Å². The quantitative estimate of drug-likeness (QED) is 0.603. The lowest BCUT2D eigenvalue weighted by molar-refractivity contribution is 0.616. The van der Waals surface area contributed by atoms with Gasteiger partial charge in [-0.1, -0.05) is 11.8 Å². The minimum absolute atomic E-state index is 0.253. The maximum atomic E-state index is 4.48. The highest BCUT2D eigenvalue weighted by Gasteiger charge is 2.07. The van der Waals surface area contributed by atoms with Gasteiger partial charge in [0.2, 0.25) is 0 Å². The molecular weight excluding hydrogens is 272 g/mol. The van der Waals surface area contributed by atoms with E-state index in [4.69, 9.17) is 0 Å². The average molecular weight is 292 g/mol. The second-order valence-electron chi connectivity index (χ2n) is 4.46. The van der Waals surface area contributed by atoms with Crippen molar-refractivity contribution in [3.63, 3.8) is 0 Å². The van der Waals surface area contributed by atoms with Gasteiger partial charge in [0.1, 0.15) is 11.6 Å². The van der Waals surface area contributed by atoms with Crippen LogP contribution in [-0.4, -0.2) is 38.4 Å². The summed E-state index contributed by atoms with van der Waals surface area (Å²) in [5.41, 5.74) is 0. The molecule has 2 aromatic heterocycles. The predicted octanol–water partition coefficient (Wildman–Crippen LogP) is 2.33. The molecule has 0 aliphatic heterocycles. The van der Waals surface area contributed by atoms with Gasteiger partial charge < -0.3 is 15.2 Å². The number of nitrogens with one attached hydrogen (secondary N) is 2. The molecule has 0 bridgehead atoms. The summed E-state index contributed by atoms with van der Waals surface area (Å²) < 4.78 is 2.04. The summed E-state index contributed by atoms with van der Waals surface area (Å²) in [7, 11) is 0. The Morgan fingerprint density at radius 2 is 2.15 bits per heavy atom. The van der Waals surface area contributed by atoms with Gasteiger partial charge in [-0.25, -0.2) is 15.0 Å². The van der Waals surface area contributed by atoms with E-state index in [9.17, 15) is 0 Å². The Morgan fingerprint density at radius 3 is 2.80 bits per heavy atom. The SMILES string of the molecule is CCNc1cc(NC(C)Cn2ccnc2)nc(SC)n1. The van der Waals surface area contributed by atoms with Crippen molar-refractivity contribution in [2.24, 2.45) is 0 Å². The molecule has 0 amide bonds. The van der Waals surface area contributed by atoms with Crippen molar-refractivity contribution in [1.82, 2.24) is 19.5 Å². The Balaban J connectivity index is 2.05. The van der Waals surface area contributed by atoms with Crippen LogP contribution in [0.1, 0.15) is 13.8 Å². The van der Waals surface area contributed by atoms with Gasteiger partial charge in [-0.3, -0.25) is 0 Å². The van der Waals surface area contributed by atoms with E-state index in [1.165, 1.54) is 11.8 Å². The van der Waals surface area contributed by atoms with Crippen LogP contribution < -0.4 is 10.6 Å². The molecule has 0 aliphatic rings. The van der Waals surface area contributed by atoms with Gasteiger partial charge in [-0.2, -0.15) is 0 Å². The maximum absolute atomic E-state index is 4.48. The van der Waals surface area contributed by atoms with Gasteiger partial charge in [0.05, 0.1) is 6.33 Å². The van der Waals surface area contributed by atoms with Crippen molar-refractivity contribution in [3.8, 4) is 0 Å². The molecule has 0 fully saturated rings. The van der Waals surface area contributed by atoms with Crippen molar-refractivity contribution in [2.45, 2.75) is 31.6 Å². The summed E-state index contributed by atoms with van der Waals surface area (Å²) in [4.78, 5) is 12.9. The van der Waals surface area contributed by atoms with Crippen LogP contribution in [0.3, 0.4) is 0 Å². The van der Waals surface area contributed by atoms with Gasteiger partial charge >= 0.3 is 0 Å². The number of aromatic nitrogens is 4. The topological polar surface area (TPSA) is 67.7 Å². The van der Waals surface area contributed by atoms with Crippen molar-refractivity contribution < 1.29 is 0 Å². The summed E-state index contributed by atoms with van der Waals surface area (Å²) in [5.74, 6) is 1.69. The molecular formula is C13H20N6S. The fourth-order valence-electron chi connectivity index (χ4n) is 1.87. The van der Waals surface area contributed by atoms with E-state index in [1.54, 1.807) is 6.20 Å². The van der Waals surface area contributed by atoms with Crippen LogP contribution in [0, 0.1) is 0 Å². The lowest BCUT2D eigenvalue weighted by Gasteiger charge is -2.16. The maximum Gasteiger partial charge on any atom is 0.191 e. The fourth-order valence-corrected chi connectivity index (χ4v) is 2.25. The lowest BCUT2D eigenvalue weighted by atomic mass is 10.3. The van der Waals surface area contributed by atoms with Crippen molar-refractivity contribution >= 4 is 23.4 Å². The van der Waals surface area contributed by atoms with Crippen LogP contribution >= 0.6 is 11.8 Å². The molecule has 1 unspecified atom stereocenters. The Morgan fingerprint density at radius 1 is 1.35 bits per heavy atom. The van der Waals surface area contributed by atoms with Crippen LogP contribution in [-0.2, 0) is 6.54 Å². The van der Waals surface area contributed by atoms with Gasteiger partial charge in [0.25, 0.3) is 0 Å². The highest BCUT2D eigenvalue weighted by atomic mass is 32.2. The fraction of sp³-hybridized carbons (Fsp3) is 0.462. The molecule has 2 rings (SSSR count). The lowest BCUT2D eigenvalue weighted by Crippen LogP contribution is -2.22. The molecule has 6 nitrogen and oxygen atoms in total. The largest absolute Gasteiger partial charge is 0.370 e. The van der Waals surface area contributed by atoms with Gasteiger partial charge in [0.15, 0.2) is 5.16 Å². The molecule has 1 atom stereocenters. The second-order valence-corrected chi connectivity index (χ2v) is 5.23. The molecule has 2 N–H and O–H groups in total. The molecule has 20 heavy (non-hydrogen) atoms. The highest BCUT2D eigenvalue weighted by molar-refractivity contribution is 7.98. The number of nitrogens with zero attached hydrogens (tertiary/aromatic N) is 4. The highest BCUT2D eigenvalue weighted by Crippen LogP contribution is 2.18. The van der Waals surface area contributed by atoms with Crippen molar-refractivity contribution in [2.75, 3.05) is 23.4 Å². The molecule has 7 heteroatoms. The standard InChI is InChI=1S/C13H20N6S/c1-4-15-11-7-12(18-13(17-11)20-3)16-10(2)8-19-6-5-14-9-19/h5-7,9-10H,4,8H2,1-3H3,(H2,15,16,17,18). The van der Waals surface area contributed by atoms with E-state index in [-0.39, 0.29) is 6.04 Å². The first-order valence-corrected chi connectivity index (χ1v) is 7.83. The first kappa shape index (κ1) is 14.6. The first-order chi connectivity index (χ1) is 9.71. The number of rotatable bonds is 7. The molecule has 108 valence electrons. The zero-order valence-corrected chi connectivity index (χ0v) is 12.8. The summed E-state index contributed by atoms with van der Waals surface area (Å²) in [6, 6.07) is 2.19. The molecule has 0 radical (unpaired) electrons. The molecule has 0 saturated heterocycles. The van der Waals surface area contributed by atoms with Crippen LogP contribution in [0.4, 0.5) is 11.6 Å². The molecule has 0 aromatic carbocycles. The van der Waals surface area contributed by atoms with Gasteiger partial charge in [-0.05, 0) is 20.1 Å². The van der Waals surface area contributed by atoms with Gasteiger partial charge in [-0.15, -0.1) is 0 Å². The summed E-state index contributed by atoms with van der Waals surface area (Å²) >= 11 is 1.54. The minimum Gasteiger partial charge on any atom is -0.370 e. The Kier molecular flexibility index (Phi) is 5.23. The van der Waals surface area contributed by atoms with E-state index < -0.39 is 0 Å². The Bertz CT molecular complexity index is 528. The van der Waals surface area contributed by atoms with Crippen molar-refractivity contribution in [1.29, 1.82) is 0 Å². The smallest absolute Gasteiger partial charge is 0.191 e. The molecule has 2 heterocycles. The Labute approximate surface area is 123 Å². The third kappa shape index (κ3) is 4.12. The number of hydrogen-bond donors (Lipinski definition) is 2. The third-order valence-electron chi connectivity index (χ3n) is 2.68.